The summed E-state index contributed by atoms with van der Waals surface area (Å²) in [4.78, 5) is 12.1. The maximum absolute atomic E-state index is 12.1. The first kappa shape index (κ1) is 13.6. The van der Waals surface area contributed by atoms with E-state index < -0.39 is 0 Å². The van der Waals surface area contributed by atoms with Crippen LogP contribution in [-0.2, 0) is 4.79 Å². The maximum atomic E-state index is 12.1. The highest BCUT2D eigenvalue weighted by Crippen LogP contribution is 2.22. The zero-order valence-electron chi connectivity index (χ0n) is 11.7. The van der Waals surface area contributed by atoms with Crippen LogP contribution >= 0.6 is 0 Å². The van der Waals surface area contributed by atoms with Crippen molar-refractivity contribution in [2.75, 3.05) is 25.0 Å². The van der Waals surface area contributed by atoms with Crippen molar-refractivity contribution >= 4 is 11.6 Å². The molecule has 1 aromatic rings. The molecule has 0 aliphatic carbocycles. The topological polar surface area (TPSA) is 50.4 Å². The molecule has 0 aromatic heterocycles. The number of carbonyl (C=O) groups excluding carboxylic acids is 1. The third kappa shape index (κ3) is 3.15. The van der Waals surface area contributed by atoms with Crippen molar-refractivity contribution in [2.45, 2.75) is 20.8 Å². The number of hydrogen-bond acceptors (Lipinski definition) is 3. The Morgan fingerprint density at radius 3 is 2.68 bits per heavy atom. The maximum Gasteiger partial charge on any atom is 0.251 e. The van der Waals surface area contributed by atoms with E-state index in [-0.39, 0.29) is 5.91 Å². The number of hydrogen-bond donors (Lipinski definition) is 2. The largest absolute Gasteiger partial charge is 0.494 e. The minimum atomic E-state index is -0.0243. The number of aryl methyl sites for hydroxylation is 1. The minimum absolute atomic E-state index is 0.0243. The second-order valence-corrected chi connectivity index (χ2v) is 4.70. The standard InChI is InChI=1S/C15H20N2O2/c1-4-19-13-5-6-14(10(2)7-13)17-15(18)11(3)12-8-16-9-12/h5-7,16H,4,8-9H2,1-3H3,(H,17,18). The molecule has 1 heterocycles. The van der Waals surface area contributed by atoms with Crippen molar-refractivity contribution < 1.29 is 9.53 Å². The normalized spacial score (nSPS) is 13.7. The molecule has 0 atom stereocenters. The van der Waals surface area contributed by atoms with Gasteiger partial charge in [-0.05, 0) is 50.1 Å². The van der Waals surface area contributed by atoms with E-state index in [0.29, 0.717) is 6.61 Å². The van der Waals surface area contributed by atoms with Crippen molar-refractivity contribution in [2.24, 2.45) is 0 Å². The van der Waals surface area contributed by atoms with E-state index in [1.807, 2.05) is 39.0 Å². The third-order valence-corrected chi connectivity index (χ3v) is 3.30. The SMILES string of the molecule is CCOc1ccc(NC(=O)C(C)=C2CNC2)c(C)c1. The van der Waals surface area contributed by atoms with Gasteiger partial charge in [0.15, 0.2) is 0 Å². The van der Waals surface area contributed by atoms with Crippen LogP contribution in [0.15, 0.2) is 29.3 Å². The Hall–Kier alpha value is -1.81. The van der Waals surface area contributed by atoms with Gasteiger partial charge in [0.05, 0.1) is 6.61 Å². The summed E-state index contributed by atoms with van der Waals surface area (Å²) in [5.41, 5.74) is 3.83. The number of rotatable bonds is 4. The molecule has 1 amide bonds. The van der Waals surface area contributed by atoms with Gasteiger partial charge in [0.25, 0.3) is 5.91 Å². The predicted molar refractivity (Wildman–Crippen MR) is 76.5 cm³/mol. The van der Waals surface area contributed by atoms with E-state index in [9.17, 15) is 4.79 Å². The van der Waals surface area contributed by atoms with Gasteiger partial charge in [-0.15, -0.1) is 0 Å². The van der Waals surface area contributed by atoms with E-state index in [4.69, 9.17) is 4.74 Å². The molecule has 19 heavy (non-hydrogen) atoms. The number of amides is 1. The Kier molecular flexibility index (Phi) is 4.22. The van der Waals surface area contributed by atoms with Crippen LogP contribution < -0.4 is 15.4 Å². The zero-order valence-corrected chi connectivity index (χ0v) is 11.7. The molecule has 2 N–H and O–H groups in total. The molecule has 0 bridgehead atoms. The molecule has 0 spiro atoms. The fraction of sp³-hybridized carbons (Fsp3) is 0.400. The van der Waals surface area contributed by atoms with Crippen molar-refractivity contribution in [3.8, 4) is 5.75 Å². The van der Waals surface area contributed by atoms with E-state index in [0.717, 1.165) is 35.7 Å². The van der Waals surface area contributed by atoms with Crippen LogP contribution in [0.5, 0.6) is 5.75 Å². The minimum Gasteiger partial charge on any atom is -0.494 e. The number of nitrogens with one attached hydrogen (secondary N) is 2. The van der Waals surface area contributed by atoms with Gasteiger partial charge >= 0.3 is 0 Å². The van der Waals surface area contributed by atoms with Gasteiger partial charge in [0.1, 0.15) is 5.75 Å². The monoisotopic (exact) mass is 260 g/mol. The van der Waals surface area contributed by atoms with Gasteiger partial charge in [0, 0.05) is 24.4 Å². The van der Waals surface area contributed by atoms with Gasteiger partial charge in [-0.1, -0.05) is 0 Å². The number of anilines is 1. The summed E-state index contributed by atoms with van der Waals surface area (Å²) in [6, 6.07) is 5.70. The first-order valence-corrected chi connectivity index (χ1v) is 6.56. The lowest BCUT2D eigenvalue weighted by Gasteiger charge is -2.21. The lowest BCUT2D eigenvalue weighted by molar-refractivity contribution is -0.112. The molecule has 0 radical (unpaired) electrons. The first-order valence-electron chi connectivity index (χ1n) is 6.56. The molecule has 1 saturated heterocycles. The van der Waals surface area contributed by atoms with Gasteiger partial charge in [-0.2, -0.15) is 0 Å². The van der Waals surface area contributed by atoms with Crippen LogP contribution in [0.25, 0.3) is 0 Å². The fourth-order valence-electron chi connectivity index (χ4n) is 1.92. The zero-order chi connectivity index (χ0) is 13.8. The van der Waals surface area contributed by atoms with Crippen LogP contribution in [0, 0.1) is 6.92 Å². The van der Waals surface area contributed by atoms with Crippen LogP contribution in [-0.4, -0.2) is 25.6 Å². The third-order valence-electron chi connectivity index (χ3n) is 3.30. The summed E-state index contributed by atoms with van der Waals surface area (Å²) in [6.07, 6.45) is 0. The van der Waals surface area contributed by atoms with Gasteiger partial charge in [-0.3, -0.25) is 4.79 Å². The van der Waals surface area contributed by atoms with Crippen LogP contribution in [0.2, 0.25) is 0 Å². The second kappa shape index (κ2) is 5.89. The van der Waals surface area contributed by atoms with E-state index in [2.05, 4.69) is 10.6 Å². The average molecular weight is 260 g/mol. The quantitative estimate of drug-likeness (QED) is 0.816. The van der Waals surface area contributed by atoms with Gasteiger partial charge in [0.2, 0.25) is 0 Å². The van der Waals surface area contributed by atoms with Crippen molar-refractivity contribution in [3.05, 3.63) is 34.9 Å². The van der Waals surface area contributed by atoms with Gasteiger partial charge in [-0.25, -0.2) is 0 Å². The van der Waals surface area contributed by atoms with E-state index >= 15 is 0 Å². The number of benzene rings is 1. The van der Waals surface area contributed by atoms with Crippen LogP contribution in [0.1, 0.15) is 19.4 Å². The summed E-state index contributed by atoms with van der Waals surface area (Å²) < 4.78 is 5.43. The van der Waals surface area contributed by atoms with Crippen LogP contribution in [0.3, 0.4) is 0 Å². The number of ether oxygens (including phenoxy) is 1. The fourth-order valence-corrected chi connectivity index (χ4v) is 1.92. The molecular weight excluding hydrogens is 240 g/mol. The molecule has 4 heteroatoms. The molecule has 4 nitrogen and oxygen atoms in total. The smallest absolute Gasteiger partial charge is 0.251 e. The van der Waals surface area contributed by atoms with Crippen molar-refractivity contribution in [1.29, 1.82) is 0 Å². The summed E-state index contributed by atoms with van der Waals surface area (Å²) in [6.45, 7) is 8.07. The molecule has 1 aromatic carbocycles. The highest BCUT2D eigenvalue weighted by molar-refractivity contribution is 6.04. The molecule has 0 saturated carbocycles. The molecule has 0 unspecified atom stereocenters. The van der Waals surface area contributed by atoms with Crippen molar-refractivity contribution in [1.82, 2.24) is 5.32 Å². The molecule has 1 aliphatic rings. The summed E-state index contributed by atoms with van der Waals surface area (Å²) in [5, 5.41) is 6.09. The summed E-state index contributed by atoms with van der Waals surface area (Å²) in [5.74, 6) is 0.806. The van der Waals surface area contributed by atoms with Gasteiger partial charge < -0.3 is 15.4 Å². The van der Waals surface area contributed by atoms with Crippen molar-refractivity contribution in [3.63, 3.8) is 0 Å². The highest BCUT2D eigenvalue weighted by Gasteiger charge is 2.16. The molecule has 1 aliphatic heterocycles. The highest BCUT2D eigenvalue weighted by atomic mass is 16.5. The average Bonchev–Trinajstić information content (AvgIpc) is 2.30. The van der Waals surface area contributed by atoms with E-state index in [1.165, 1.54) is 5.57 Å². The van der Waals surface area contributed by atoms with Crippen LogP contribution in [0.4, 0.5) is 5.69 Å². The Morgan fingerprint density at radius 2 is 2.16 bits per heavy atom. The molecule has 102 valence electrons. The predicted octanol–water partition coefficient (Wildman–Crippen LogP) is 2.25. The Morgan fingerprint density at radius 1 is 1.42 bits per heavy atom. The number of carbonyl (C=O) groups is 1. The Balaban J connectivity index is 2.08. The molecule has 1 fully saturated rings. The lowest BCUT2D eigenvalue weighted by atomic mass is 10.0. The molecular formula is C15H20N2O2. The Bertz CT molecular complexity index is 515. The Labute approximate surface area is 113 Å². The van der Waals surface area contributed by atoms with E-state index in [1.54, 1.807) is 0 Å². The first-order chi connectivity index (χ1) is 9.11. The second-order valence-electron chi connectivity index (χ2n) is 4.70. The summed E-state index contributed by atoms with van der Waals surface area (Å²) in [7, 11) is 0. The summed E-state index contributed by atoms with van der Waals surface area (Å²) >= 11 is 0. The molecule has 2 rings (SSSR count). The lowest BCUT2D eigenvalue weighted by Crippen LogP contribution is -2.36.